The fourth-order valence-electron chi connectivity index (χ4n) is 1.30. The molecule has 5 heteroatoms. The van der Waals surface area contributed by atoms with Crippen molar-refractivity contribution in [3.05, 3.63) is 18.1 Å². The van der Waals surface area contributed by atoms with Crippen molar-refractivity contribution in [2.45, 2.75) is 19.8 Å². The Morgan fingerprint density at radius 2 is 2.21 bits per heavy atom. The summed E-state index contributed by atoms with van der Waals surface area (Å²) >= 11 is 0. The predicted molar refractivity (Wildman–Crippen MR) is 54.4 cm³/mol. The lowest BCUT2D eigenvalue weighted by Crippen LogP contribution is -2.04. The van der Waals surface area contributed by atoms with Crippen molar-refractivity contribution in [2.75, 3.05) is 12.4 Å². The van der Waals surface area contributed by atoms with E-state index < -0.39 is 0 Å². The fraction of sp³-hybridized carbons (Fsp3) is 0.444. The molecule has 1 N–H and O–H groups in total. The Morgan fingerprint density at radius 1 is 1.43 bits per heavy atom. The van der Waals surface area contributed by atoms with Crippen LogP contribution in [0, 0.1) is 0 Å². The zero-order valence-corrected chi connectivity index (χ0v) is 8.52. The molecule has 0 radical (unpaired) electrons. The van der Waals surface area contributed by atoms with E-state index in [1.54, 1.807) is 4.52 Å². The topological polar surface area (TPSA) is 55.1 Å². The Bertz CT molecular complexity index is 445. The Labute approximate surface area is 82.2 Å². The summed E-state index contributed by atoms with van der Waals surface area (Å²) in [6.07, 6.45) is 1.51. The van der Waals surface area contributed by atoms with Gasteiger partial charge in [0.25, 0.3) is 5.78 Å². The molecule has 0 spiro atoms. The first-order chi connectivity index (χ1) is 6.72. The van der Waals surface area contributed by atoms with Gasteiger partial charge >= 0.3 is 0 Å². The van der Waals surface area contributed by atoms with Gasteiger partial charge in [-0.05, 0) is 5.92 Å². The maximum atomic E-state index is 4.39. The first kappa shape index (κ1) is 8.93. The predicted octanol–water partition coefficient (Wildman–Crippen LogP) is 1.29. The van der Waals surface area contributed by atoms with Crippen molar-refractivity contribution in [1.29, 1.82) is 0 Å². The highest BCUT2D eigenvalue weighted by Gasteiger charge is 2.08. The molecule has 0 atom stereocenters. The molecule has 14 heavy (non-hydrogen) atoms. The lowest BCUT2D eigenvalue weighted by molar-refractivity contribution is 0.809. The SMILES string of the molecule is CNc1cc(C(C)C)nc2ncnn12. The van der Waals surface area contributed by atoms with Gasteiger partial charge in [-0.1, -0.05) is 13.8 Å². The molecule has 0 saturated carbocycles. The average molecular weight is 191 g/mol. The third-order valence-corrected chi connectivity index (χ3v) is 2.12. The normalized spacial score (nSPS) is 11.1. The molecule has 74 valence electrons. The van der Waals surface area contributed by atoms with Crippen molar-refractivity contribution in [3.63, 3.8) is 0 Å². The minimum Gasteiger partial charge on any atom is -0.373 e. The van der Waals surface area contributed by atoms with Gasteiger partial charge in [0, 0.05) is 13.1 Å². The van der Waals surface area contributed by atoms with Crippen LogP contribution in [0.3, 0.4) is 0 Å². The van der Waals surface area contributed by atoms with Crippen molar-refractivity contribution < 1.29 is 0 Å². The third-order valence-electron chi connectivity index (χ3n) is 2.12. The van der Waals surface area contributed by atoms with Crippen LogP contribution in [0.25, 0.3) is 5.78 Å². The summed E-state index contributed by atoms with van der Waals surface area (Å²) < 4.78 is 1.69. The highest BCUT2D eigenvalue weighted by Crippen LogP contribution is 2.16. The van der Waals surface area contributed by atoms with E-state index in [1.165, 1.54) is 6.33 Å². The molecule has 2 heterocycles. The van der Waals surface area contributed by atoms with Gasteiger partial charge < -0.3 is 5.32 Å². The van der Waals surface area contributed by atoms with E-state index in [0.717, 1.165) is 11.5 Å². The molecule has 2 aromatic rings. The molecule has 2 rings (SSSR count). The molecule has 2 aromatic heterocycles. The zero-order valence-electron chi connectivity index (χ0n) is 8.52. The molecule has 0 aliphatic heterocycles. The second-order valence-electron chi connectivity index (χ2n) is 3.44. The van der Waals surface area contributed by atoms with Crippen molar-refractivity contribution in [1.82, 2.24) is 19.6 Å². The lowest BCUT2D eigenvalue weighted by atomic mass is 10.1. The van der Waals surface area contributed by atoms with Gasteiger partial charge in [-0.3, -0.25) is 0 Å². The highest BCUT2D eigenvalue weighted by atomic mass is 15.3. The van der Waals surface area contributed by atoms with Crippen LogP contribution in [0.1, 0.15) is 25.5 Å². The average Bonchev–Trinajstić information content (AvgIpc) is 2.63. The standard InChI is InChI=1S/C9H13N5/c1-6(2)7-4-8(10-3)14-9(13-7)11-5-12-14/h4-6,10H,1-3H3. The van der Waals surface area contributed by atoms with Crippen molar-refractivity contribution >= 4 is 11.6 Å². The van der Waals surface area contributed by atoms with Crippen LogP contribution >= 0.6 is 0 Å². The Morgan fingerprint density at radius 3 is 2.86 bits per heavy atom. The van der Waals surface area contributed by atoms with E-state index in [1.807, 2.05) is 13.1 Å². The van der Waals surface area contributed by atoms with Crippen LogP contribution < -0.4 is 5.32 Å². The van der Waals surface area contributed by atoms with E-state index in [-0.39, 0.29) is 0 Å². The van der Waals surface area contributed by atoms with Crippen molar-refractivity contribution in [2.24, 2.45) is 0 Å². The zero-order chi connectivity index (χ0) is 10.1. The number of anilines is 1. The summed E-state index contributed by atoms with van der Waals surface area (Å²) in [5.74, 6) is 1.94. The lowest BCUT2D eigenvalue weighted by Gasteiger charge is -2.08. The van der Waals surface area contributed by atoms with Gasteiger partial charge in [-0.25, -0.2) is 4.98 Å². The van der Waals surface area contributed by atoms with Crippen LogP contribution in [-0.2, 0) is 0 Å². The van der Waals surface area contributed by atoms with E-state index in [2.05, 4.69) is 34.2 Å². The summed E-state index contributed by atoms with van der Waals surface area (Å²) in [7, 11) is 1.86. The molecule has 5 nitrogen and oxygen atoms in total. The van der Waals surface area contributed by atoms with Gasteiger partial charge in [0.2, 0.25) is 0 Å². The first-order valence-electron chi connectivity index (χ1n) is 4.61. The van der Waals surface area contributed by atoms with Crippen LogP contribution in [0.4, 0.5) is 5.82 Å². The van der Waals surface area contributed by atoms with Crippen LogP contribution in [-0.4, -0.2) is 26.6 Å². The van der Waals surface area contributed by atoms with Crippen LogP contribution in [0.5, 0.6) is 0 Å². The van der Waals surface area contributed by atoms with E-state index in [4.69, 9.17) is 0 Å². The van der Waals surface area contributed by atoms with E-state index >= 15 is 0 Å². The van der Waals surface area contributed by atoms with E-state index in [9.17, 15) is 0 Å². The summed E-state index contributed by atoms with van der Waals surface area (Å²) in [5, 5.41) is 7.14. The third kappa shape index (κ3) is 1.30. The van der Waals surface area contributed by atoms with Crippen LogP contribution in [0.2, 0.25) is 0 Å². The summed E-state index contributed by atoms with van der Waals surface area (Å²) in [6.45, 7) is 4.21. The number of aromatic nitrogens is 4. The molecule has 0 unspecified atom stereocenters. The van der Waals surface area contributed by atoms with Gasteiger partial charge in [0.15, 0.2) is 0 Å². The van der Waals surface area contributed by atoms with E-state index in [0.29, 0.717) is 11.7 Å². The number of fused-ring (bicyclic) bond motifs is 1. The number of nitrogens with zero attached hydrogens (tertiary/aromatic N) is 4. The smallest absolute Gasteiger partial charge is 0.254 e. The molecular weight excluding hydrogens is 178 g/mol. The number of nitrogens with one attached hydrogen (secondary N) is 1. The highest BCUT2D eigenvalue weighted by molar-refractivity contribution is 5.44. The minimum atomic E-state index is 0.392. The molecule has 0 aliphatic rings. The molecule has 0 bridgehead atoms. The summed E-state index contributed by atoms with van der Waals surface area (Å²) in [4.78, 5) is 8.46. The molecule has 0 saturated heterocycles. The van der Waals surface area contributed by atoms with Gasteiger partial charge in [0.1, 0.15) is 12.1 Å². The molecule has 0 aromatic carbocycles. The quantitative estimate of drug-likeness (QED) is 0.777. The number of hydrogen-bond donors (Lipinski definition) is 1. The molecule has 0 fully saturated rings. The number of hydrogen-bond acceptors (Lipinski definition) is 4. The molecule has 0 amide bonds. The second-order valence-corrected chi connectivity index (χ2v) is 3.44. The van der Waals surface area contributed by atoms with Gasteiger partial charge in [-0.15, -0.1) is 0 Å². The number of rotatable bonds is 2. The summed E-state index contributed by atoms with van der Waals surface area (Å²) in [5.41, 5.74) is 1.02. The second kappa shape index (κ2) is 3.25. The summed E-state index contributed by atoms with van der Waals surface area (Å²) in [6, 6.07) is 1.99. The van der Waals surface area contributed by atoms with Gasteiger partial charge in [0.05, 0.1) is 5.69 Å². The Hall–Kier alpha value is -1.65. The van der Waals surface area contributed by atoms with Crippen LogP contribution in [0.15, 0.2) is 12.4 Å². The first-order valence-corrected chi connectivity index (χ1v) is 4.61. The minimum absolute atomic E-state index is 0.392. The Balaban J connectivity index is 2.67. The molecule has 0 aliphatic carbocycles. The Kier molecular flexibility index (Phi) is 2.07. The van der Waals surface area contributed by atoms with Gasteiger partial charge in [-0.2, -0.15) is 14.6 Å². The maximum Gasteiger partial charge on any atom is 0.254 e. The van der Waals surface area contributed by atoms with Crippen molar-refractivity contribution in [3.8, 4) is 0 Å². The molecular formula is C9H13N5. The monoisotopic (exact) mass is 191 g/mol. The largest absolute Gasteiger partial charge is 0.373 e. The maximum absolute atomic E-state index is 4.39. The fourth-order valence-corrected chi connectivity index (χ4v) is 1.30.